The quantitative estimate of drug-likeness (QED) is 0.817. The lowest BCUT2D eigenvalue weighted by molar-refractivity contribution is -0.136. The molecule has 6 heteroatoms. The molecule has 0 saturated heterocycles. The molecule has 2 aromatic heterocycles. The molecule has 84 valence electrons. The van der Waals surface area contributed by atoms with Crippen LogP contribution in [0.3, 0.4) is 0 Å². The van der Waals surface area contributed by atoms with Gasteiger partial charge in [-0.1, -0.05) is 0 Å². The van der Waals surface area contributed by atoms with Crippen LogP contribution >= 0.6 is 11.8 Å². The lowest BCUT2D eigenvalue weighted by Crippen LogP contribution is -1.96. The van der Waals surface area contributed by atoms with Crippen LogP contribution in [0.15, 0.2) is 23.6 Å². The van der Waals surface area contributed by atoms with Gasteiger partial charge >= 0.3 is 5.97 Å². The fourth-order valence-electron chi connectivity index (χ4n) is 1.38. The number of carboxylic acids is 1. The average Bonchev–Trinajstić information content (AvgIpc) is 2.61. The molecule has 0 radical (unpaired) electrons. The Labute approximate surface area is 96.5 Å². The van der Waals surface area contributed by atoms with E-state index in [0.717, 1.165) is 16.1 Å². The molecule has 0 unspecified atom stereocenters. The van der Waals surface area contributed by atoms with Gasteiger partial charge in [-0.3, -0.25) is 4.79 Å². The number of nitrogens with zero attached hydrogens (tertiary/aromatic N) is 3. The second kappa shape index (κ2) is 4.52. The Hall–Kier alpha value is -1.56. The smallest absolute Gasteiger partial charge is 0.304 e. The van der Waals surface area contributed by atoms with E-state index in [9.17, 15) is 4.79 Å². The third-order valence-corrected chi connectivity index (χ3v) is 3.14. The molecule has 2 rings (SSSR count). The van der Waals surface area contributed by atoms with Crippen LogP contribution in [0.25, 0.3) is 11.0 Å². The Bertz CT molecular complexity index is 524. The highest BCUT2D eigenvalue weighted by molar-refractivity contribution is 7.99. The summed E-state index contributed by atoms with van der Waals surface area (Å²) in [5.41, 5.74) is 1.84. The lowest BCUT2D eigenvalue weighted by Gasteiger charge is -2.00. The predicted octanol–water partition coefficient (Wildman–Crippen LogP) is 1.54. The van der Waals surface area contributed by atoms with Crippen LogP contribution in [0.1, 0.15) is 6.42 Å². The second-order valence-corrected chi connectivity index (χ2v) is 4.42. The number of hydrogen-bond donors (Lipinski definition) is 1. The van der Waals surface area contributed by atoms with E-state index in [0.29, 0.717) is 5.75 Å². The number of carbonyl (C=O) groups is 1. The van der Waals surface area contributed by atoms with E-state index in [1.54, 1.807) is 12.5 Å². The first-order valence-corrected chi connectivity index (χ1v) is 5.77. The number of rotatable bonds is 4. The second-order valence-electron chi connectivity index (χ2n) is 3.33. The summed E-state index contributed by atoms with van der Waals surface area (Å²) in [5.74, 6) is -0.279. The van der Waals surface area contributed by atoms with E-state index in [4.69, 9.17) is 5.11 Å². The summed E-state index contributed by atoms with van der Waals surface area (Å²) in [4.78, 5) is 18.9. The minimum Gasteiger partial charge on any atom is -0.481 e. The van der Waals surface area contributed by atoms with Gasteiger partial charge in [-0.05, 0) is 6.07 Å². The molecule has 0 fully saturated rings. The predicted molar refractivity (Wildman–Crippen MR) is 61.5 cm³/mol. The van der Waals surface area contributed by atoms with Crippen molar-refractivity contribution in [3.05, 3.63) is 18.6 Å². The molecule has 0 atom stereocenters. The standard InChI is InChI=1S/C10H11N3O2S/c1-13-6-12-9-7(13)2-4-11-10(9)16-5-3-8(14)15/h2,4,6H,3,5H2,1H3,(H,14,15). The van der Waals surface area contributed by atoms with Gasteiger partial charge in [-0.2, -0.15) is 0 Å². The third kappa shape index (κ3) is 2.16. The highest BCUT2D eigenvalue weighted by atomic mass is 32.2. The molecule has 2 aromatic rings. The van der Waals surface area contributed by atoms with Gasteiger partial charge in [0.1, 0.15) is 10.5 Å². The summed E-state index contributed by atoms with van der Waals surface area (Å²) < 4.78 is 1.91. The van der Waals surface area contributed by atoms with Crippen molar-refractivity contribution in [2.45, 2.75) is 11.4 Å². The fraction of sp³-hybridized carbons (Fsp3) is 0.300. The minimum atomic E-state index is -0.791. The molecule has 2 heterocycles. The first-order chi connectivity index (χ1) is 7.68. The molecule has 0 spiro atoms. The molecule has 0 aliphatic carbocycles. The zero-order chi connectivity index (χ0) is 11.5. The molecule has 0 aliphatic heterocycles. The molecule has 0 aromatic carbocycles. The van der Waals surface area contributed by atoms with Crippen LogP contribution < -0.4 is 0 Å². The van der Waals surface area contributed by atoms with Gasteiger partial charge in [-0.15, -0.1) is 11.8 Å². The van der Waals surface area contributed by atoms with Gasteiger partial charge in [0.25, 0.3) is 0 Å². The van der Waals surface area contributed by atoms with Crippen LogP contribution in [-0.4, -0.2) is 31.4 Å². The summed E-state index contributed by atoms with van der Waals surface area (Å²) in [5, 5.41) is 9.35. The highest BCUT2D eigenvalue weighted by Crippen LogP contribution is 2.24. The maximum Gasteiger partial charge on any atom is 0.304 e. The van der Waals surface area contributed by atoms with Crippen LogP contribution in [0.4, 0.5) is 0 Å². The Morgan fingerprint density at radius 1 is 1.56 bits per heavy atom. The maximum absolute atomic E-state index is 10.4. The van der Waals surface area contributed by atoms with Crippen molar-refractivity contribution in [3.8, 4) is 0 Å². The van der Waals surface area contributed by atoms with E-state index in [1.165, 1.54) is 11.8 Å². The number of thioether (sulfide) groups is 1. The highest BCUT2D eigenvalue weighted by Gasteiger charge is 2.07. The molecule has 1 N–H and O–H groups in total. The van der Waals surface area contributed by atoms with Crippen molar-refractivity contribution in [2.24, 2.45) is 7.05 Å². The Kier molecular flexibility index (Phi) is 3.09. The Morgan fingerprint density at radius 2 is 2.38 bits per heavy atom. The van der Waals surface area contributed by atoms with Gasteiger partial charge in [0.2, 0.25) is 0 Å². The van der Waals surface area contributed by atoms with Crippen molar-refractivity contribution in [3.63, 3.8) is 0 Å². The van der Waals surface area contributed by atoms with Crippen molar-refractivity contribution in [1.29, 1.82) is 0 Å². The SMILES string of the molecule is Cn1cnc2c(SCCC(=O)O)nccc21. The summed E-state index contributed by atoms with van der Waals surface area (Å²) in [6.07, 6.45) is 3.58. The van der Waals surface area contributed by atoms with Crippen molar-refractivity contribution < 1.29 is 9.90 Å². The van der Waals surface area contributed by atoms with Crippen molar-refractivity contribution in [1.82, 2.24) is 14.5 Å². The number of imidazole rings is 1. The van der Waals surface area contributed by atoms with E-state index < -0.39 is 5.97 Å². The number of hydrogen-bond acceptors (Lipinski definition) is 4. The van der Waals surface area contributed by atoms with E-state index >= 15 is 0 Å². The largest absolute Gasteiger partial charge is 0.481 e. The molecular formula is C10H11N3O2S. The number of pyridine rings is 1. The molecule has 5 nitrogen and oxygen atoms in total. The van der Waals surface area contributed by atoms with Crippen LogP contribution in [0.2, 0.25) is 0 Å². The minimum absolute atomic E-state index is 0.134. The van der Waals surface area contributed by atoms with Gasteiger partial charge < -0.3 is 9.67 Å². The van der Waals surface area contributed by atoms with E-state index in [-0.39, 0.29) is 6.42 Å². The summed E-state index contributed by atoms with van der Waals surface area (Å²) in [6, 6.07) is 1.89. The van der Waals surface area contributed by atoms with Gasteiger partial charge in [0.15, 0.2) is 0 Å². The summed E-state index contributed by atoms with van der Waals surface area (Å²) in [7, 11) is 1.92. The number of fused-ring (bicyclic) bond motifs is 1. The van der Waals surface area contributed by atoms with Crippen LogP contribution in [0.5, 0.6) is 0 Å². The van der Waals surface area contributed by atoms with E-state index in [2.05, 4.69) is 9.97 Å². The van der Waals surface area contributed by atoms with Gasteiger partial charge in [0.05, 0.1) is 18.3 Å². The monoisotopic (exact) mass is 237 g/mol. The van der Waals surface area contributed by atoms with E-state index in [1.807, 2.05) is 17.7 Å². The molecular weight excluding hydrogens is 226 g/mol. The Morgan fingerprint density at radius 3 is 3.12 bits per heavy atom. The molecule has 0 aliphatic rings. The number of aliphatic carboxylic acids is 1. The lowest BCUT2D eigenvalue weighted by atomic mass is 10.4. The molecule has 0 saturated carbocycles. The summed E-state index contributed by atoms with van der Waals surface area (Å²) in [6.45, 7) is 0. The van der Waals surface area contributed by atoms with Gasteiger partial charge in [0, 0.05) is 19.0 Å². The molecule has 0 amide bonds. The topological polar surface area (TPSA) is 68.0 Å². The van der Waals surface area contributed by atoms with Crippen molar-refractivity contribution in [2.75, 3.05) is 5.75 Å². The average molecular weight is 237 g/mol. The maximum atomic E-state index is 10.4. The first-order valence-electron chi connectivity index (χ1n) is 4.79. The Balaban J connectivity index is 2.20. The number of aryl methyl sites for hydroxylation is 1. The van der Waals surface area contributed by atoms with Gasteiger partial charge in [-0.25, -0.2) is 9.97 Å². The number of carboxylic acid groups (broad SMARTS) is 1. The zero-order valence-corrected chi connectivity index (χ0v) is 9.57. The van der Waals surface area contributed by atoms with Crippen LogP contribution in [-0.2, 0) is 11.8 Å². The third-order valence-electron chi connectivity index (χ3n) is 2.16. The number of aromatic nitrogens is 3. The van der Waals surface area contributed by atoms with Crippen LogP contribution in [0, 0.1) is 0 Å². The zero-order valence-electron chi connectivity index (χ0n) is 8.75. The fourth-order valence-corrected chi connectivity index (χ4v) is 2.28. The molecule has 0 bridgehead atoms. The van der Waals surface area contributed by atoms with Crippen molar-refractivity contribution >= 4 is 28.8 Å². The summed E-state index contributed by atoms with van der Waals surface area (Å²) >= 11 is 1.42. The molecule has 16 heavy (non-hydrogen) atoms. The first kappa shape index (κ1) is 10.9. The normalized spacial score (nSPS) is 10.8.